The van der Waals surface area contributed by atoms with E-state index in [0.717, 1.165) is 23.8 Å². The second-order valence-electron chi connectivity index (χ2n) is 6.98. The first-order chi connectivity index (χ1) is 13.7. The predicted octanol–water partition coefficient (Wildman–Crippen LogP) is 2.75. The van der Waals surface area contributed by atoms with E-state index in [1.54, 1.807) is 41.3 Å². The molecule has 0 radical (unpaired) electrons. The average molecular weight is 417 g/mol. The van der Waals surface area contributed by atoms with E-state index in [4.69, 9.17) is 0 Å². The van der Waals surface area contributed by atoms with Crippen molar-refractivity contribution in [2.24, 2.45) is 0 Å². The molecule has 0 spiro atoms. The van der Waals surface area contributed by atoms with Gasteiger partial charge in [0.1, 0.15) is 0 Å². The predicted molar refractivity (Wildman–Crippen MR) is 112 cm³/mol. The monoisotopic (exact) mass is 416 g/mol. The van der Waals surface area contributed by atoms with Crippen LogP contribution in [0.1, 0.15) is 34.8 Å². The zero-order valence-corrected chi connectivity index (χ0v) is 17.2. The van der Waals surface area contributed by atoms with Gasteiger partial charge in [-0.2, -0.15) is 0 Å². The fraction of sp³-hybridized carbons (Fsp3) is 0.300. The highest BCUT2D eigenvalue weighted by Gasteiger charge is 2.24. The number of nitrogens with one attached hydrogen (secondary N) is 3. The van der Waals surface area contributed by atoms with Gasteiger partial charge in [-0.3, -0.25) is 9.52 Å². The summed E-state index contributed by atoms with van der Waals surface area (Å²) < 4.78 is 25.2. The van der Waals surface area contributed by atoms with Crippen molar-refractivity contribution in [3.63, 3.8) is 0 Å². The van der Waals surface area contributed by atoms with Crippen LogP contribution in [0.4, 0.5) is 16.2 Å². The van der Waals surface area contributed by atoms with Gasteiger partial charge in [-0.25, -0.2) is 13.2 Å². The number of nitrogens with zero attached hydrogens (tertiary/aromatic N) is 1. The summed E-state index contributed by atoms with van der Waals surface area (Å²) in [6.45, 7) is 3.43. The highest BCUT2D eigenvalue weighted by atomic mass is 32.2. The molecule has 2 aromatic carbocycles. The first-order valence-corrected chi connectivity index (χ1v) is 11.2. The zero-order valence-electron chi connectivity index (χ0n) is 16.4. The lowest BCUT2D eigenvalue weighted by atomic mass is 10.1. The fourth-order valence-corrected chi connectivity index (χ4v) is 3.62. The van der Waals surface area contributed by atoms with Crippen molar-refractivity contribution in [2.45, 2.75) is 26.4 Å². The third-order valence-corrected chi connectivity index (χ3v) is 5.06. The maximum absolute atomic E-state index is 12.6. The molecule has 1 aliphatic rings. The summed E-state index contributed by atoms with van der Waals surface area (Å²) in [5.74, 6) is -0.141. The van der Waals surface area contributed by atoms with Crippen LogP contribution in [0.3, 0.4) is 0 Å². The minimum atomic E-state index is -3.35. The Bertz CT molecular complexity index is 1020. The van der Waals surface area contributed by atoms with Crippen molar-refractivity contribution in [1.29, 1.82) is 0 Å². The molecule has 0 aliphatic carbocycles. The Morgan fingerprint density at radius 3 is 2.31 bits per heavy atom. The van der Waals surface area contributed by atoms with Gasteiger partial charge in [-0.15, -0.1) is 0 Å². The van der Waals surface area contributed by atoms with Crippen molar-refractivity contribution in [1.82, 2.24) is 10.2 Å². The number of benzene rings is 2. The number of anilines is 2. The molecule has 29 heavy (non-hydrogen) atoms. The molecule has 0 saturated heterocycles. The van der Waals surface area contributed by atoms with Crippen LogP contribution in [0.5, 0.6) is 0 Å². The van der Waals surface area contributed by atoms with Crippen molar-refractivity contribution in [2.75, 3.05) is 22.8 Å². The van der Waals surface area contributed by atoms with Gasteiger partial charge in [0.05, 0.1) is 6.26 Å². The SMILES string of the molecule is CCCNC(=O)c1ccc(NC(=O)N2Cc3ccc(NS(C)(=O)=O)cc3C2)cc1. The number of hydrogen-bond acceptors (Lipinski definition) is 4. The minimum absolute atomic E-state index is 0.141. The van der Waals surface area contributed by atoms with E-state index in [1.165, 1.54) is 0 Å². The molecular weight excluding hydrogens is 392 g/mol. The summed E-state index contributed by atoms with van der Waals surface area (Å²) in [5, 5.41) is 5.63. The molecule has 0 bridgehead atoms. The van der Waals surface area contributed by atoms with Crippen LogP contribution >= 0.6 is 0 Å². The Balaban J connectivity index is 1.60. The maximum atomic E-state index is 12.6. The van der Waals surface area contributed by atoms with Crippen LogP contribution in [0, 0.1) is 0 Å². The Morgan fingerprint density at radius 1 is 1.00 bits per heavy atom. The minimum Gasteiger partial charge on any atom is -0.352 e. The molecule has 0 fully saturated rings. The number of urea groups is 1. The molecule has 8 nitrogen and oxygen atoms in total. The highest BCUT2D eigenvalue weighted by molar-refractivity contribution is 7.92. The Kier molecular flexibility index (Phi) is 6.07. The molecule has 0 atom stereocenters. The summed E-state index contributed by atoms with van der Waals surface area (Å²) in [6.07, 6.45) is 1.96. The van der Waals surface area contributed by atoms with E-state index < -0.39 is 10.0 Å². The summed E-state index contributed by atoms with van der Waals surface area (Å²) in [4.78, 5) is 26.2. The van der Waals surface area contributed by atoms with Crippen molar-refractivity contribution in [3.8, 4) is 0 Å². The van der Waals surface area contributed by atoms with Gasteiger partial charge in [-0.05, 0) is 53.9 Å². The van der Waals surface area contributed by atoms with Gasteiger partial charge in [0, 0.05) is 36.6 Å². The zero-order chi connectivity index (χ0) is 21.0. The number of carbonyl (C=O) groups is 2. The average Bonchev–Trinajstić information content (AvgIpc) is 3.09. The molecule has 154 valence electrons. The number of carbonyl (C=O) groups excluding carboxylic acids is 2. The quantitative estimate of drug-likeness (QED) is 0.673. The van der Waals surface area contributed by atoms with Crippen LogP contribution in [0.25, 0.3) is 0 Å². The molecule has 9 heteroatoms. The van der Waals surface area contributed by atoms with Gasteiger partial charge in [0.25, 0.3) is 5.91 Å². The second-order valence-corrected chi connectivity index (χ2v) is 8.73. The number of rotatable bonds is 6. The molecule has 3 amide bonds. The van der Waals surface area contributed by atoms with E-state index in [9.17, 15) is 18.0 Å². The molecule has 1 aliphatic heterocycles. The first kappa shape index (κ1) is 20.7. The molecule has 0 saturated carbocycles. The smallest absolute Gasteiger partial charge is 0.322 e. The Morgan fingerprint density at radius 2 is 1.66 bits per heavy atom. The standard InChI is InChI=1S/C20H24N4O4S/c1-3-10-21-19(25)14-4-7-17(8-5-14)22-20(26)24-12-15-6-9-18(11-16(15)13-24)23-29(2,27)28/h4-9,11,23H,3,10,12-13H2,1-2H3,(H,21,25)(H,22,26). The number of hydrogen-bond donors (Lipinski definition) is 3. The molecule has 1 heterocycles. The van der Waals surface area contributed by atoms with E-state index in [2.05, 4.69) is 15.4 Å². The van der Waals surface area contributed by atoms with Gasteiger partial charge >= 0.3 is 6.03 Å². The van der Waals surface area contributed by atoms with Crippen LogP contribution in [-0.2, 0) is 23.1 Å². The Labute approximate surface area is 170 Å². The number of sulfonamides is 1. The van der Waals surface area contributed by atoms with Crippen molar-refractivity contribution in [3.05, 3.63) is 59.2 Å². The summed E-state index contributed by atoms with van der Waals surface area (Å²) in [5.41, 5.74) is 3.48. The highest BCUT2D eigenvalue weighted by Crippen LogP contribution is 2.26. The molecule has 3 rings (SSSR count). The van der Waals surface area contributed by atoms with Gasteiger partial charge < -0.3 is 15.5 Å². The summed E-state index contributed by atoms with van der Waals surface area (Å²) in [7, 11) is -3.35. The third kappa shape index (κ3) is 5.47. The maximum Gasteiger partial charge on any atom is 0.322 e. The fourth-order valence-electron chi connectivity index (χ4n) is 3.06. The van der Waals surface area contributed by atoms with E-state index in [0.29, 0.717) is 36.6 Å². The molecule has 2 aromatic rings. The van der Waals surface area contributed by atoms with Crippen molar-refractivity contribution < 1.29 is 18.0 Å². The van der Waals surface area contributed by atoms with Gasteiger partial charge in [0.15, 0.2) is 0 Å². The van der Waals surface area contributed by atoms with Crippen molar-refractivity contribution >= 4 is 33.3 Å². The van der Waals surface area contributed by atoms with Crippen LogP contribution in [0.15, 0.2) is 42.5 Å². The van der Waals surface area contributed by atoms with Crippen LogP contribution in [0.2, 0.25) is 0 Å². The largest absolute Gasteiger partial charge is 0.352 e. The normalized spacial score (nSPS) is 13.0. The molecule has 3 N–H and O–H groups in total. The molecular formula is C20H24N4O4S. The Hall–Kier alpha value is -3.07. The lowest BCUT2D eigenvalue weighted by Gasteiger charge is -2.16. The number of fused-ring (bicyclic) bond motifs is 1. The second kappa shape index (κ2) is 8.52. The van der Waals surface area contributed by atoms with E-state index >= 15 is 0 Å². The first-order valence-electron chi connectivity index (χ1n) is 9.29. The number of amides is 3. The summed E-state index contributed by atoms with van der Waals surface area (Å²) >= 11 is 0. The van der Waals surface area contributed by atoms with Crippen LogP contribution < -0.4 is 15.4 Å². The van der Waals surface area contributed by atoms with Gasteiger partial charge in [0.2, 0.25) is 10.0 Å². The van der Waals surface area contributed by atoms with Gasteiger partial charge in [-0.1, -0.05) is 13.0 Å². The van der Waals surface area contributed by atoms with Crippen LogP contribution in [-0.4, -0.2) is 38.1 Å². The van der Waals surface area contributed by atoms with E-state index in [1.807, 2.05) is 13.0 Å². The lowest BCUT2D eigenvalue weighted by molar-refractivity contribution is 0.0953. The molecule has 0 unspecified atom stereocenters. The summed E-state index contributed by atoms with van der Waals surface area (Å²) in [6, 6.07) is 11.7. The lowest BCUT2D eigenvalue weighted by Crippen LogP contribution is -2.30. The van der Waals surface area contributed by atoms with E-state index in [-0.39, 0.29) is 11.9 Å². The topological polar surface area (TPSA) is 108 Å². The molecule has 0 aromatic heterocycles. The third-order valence-electron chi connectivity index (χ3n) is 4.45.